The summed E-state index contributed by atoms with van der Waals surface area (Å²) in [6, 6.07) is 22.0. The van der Waals surface area contributed by atoms with Gasteiger partial charge in [0.25, 0.3) is 8.32 Å². The summed E-state index contributed by atoms with van der Waals surface area (Å²) < 4.78 is 7.69. The van der Waals surface area contributed by atoms with Crippen molar-refractivity contribution < 1.29 is 9.22 Å². The van der Waals surface area contributed by atoms with Gasteiger partial charge < -0.3 is 4.43 Å². The summed E-state index contributed by atoms with van der Waals surface area (Å²) in [5, 5.41) is 2.63. The van der Waals surface area contributed by atoms with Crippen molar-refractivity contribution in [1.29, 1.82) is 0 Å². The van der Waals surface area contributed by atoms with Crippen LogP contribution >= 0.6 is 0 Å². The number of carbonyl (C=O) groups is 1. The number of benzene rings is 2. The summed E-state index contributed by atoms with van der Waals surface area (Å²) in [6.07, 6.45) is 11.1. The zero-order valence-corrected chi connectivity index (χ0v) is 22.3. The van der Waals surface area contributed by atoms with E-state index in [1.807, 2.05) is 6.08 Å². The fraction of sp³-hybridized carbons (Fsp3) is 0.516. The molecule has 180 valence electrons. The van der Waals surface area contributed by atoms with Crippen LogP contribution in [0.25, 0.3) is 0 Å². The third-order valence-corrected chi connectivity index (χ3v) is 14.4. The Hall–Kier alpha value is -1.97. The van der Waals surface area contributed by atoms with E-state index in [0.29, 0.717) is 17.6 Å². The van der Waals surface area contributed by atoms with Crippen LogP contribution in [0.2, 0.25) is 5.04 Å². The molecule has 2 aromatic rings. The molecule has 0 N–H and O–H groups in total. The highest BCUT2D eigenvalue weighted by Gasteiger charge is 2.60. The SMILES string of the molecule is C[C@@H]1CC[C@]23CC/C=C\C(=O)[C@H]1[C@@H]2[C@@H](O[Si](c1ccccc1)(c1ccccc1)C(C)(C)C)CC3. The largest absolute Gasteiger partial charge is 0.404 e. The van der Waals surface area contributed by atoms with Crippen molar-refractivity contribution in [3.8, 4) is 0 Å². The lowest BCUT2D eigenvalue weighted by molar-refractivity contribution is -0.129. The van der Waals surface area contributed by atoms with Crippen molar-refractivity contribution in [2.24, 2.45) is 23.2 Å². The van der Waals surface area contributed by atoms with Crippen LogP contribution in [0.3, 0.4) is 0 Å². The Bertz CT molecular complexity index is 999. The van der Waals surface area contributed by atoms with Gasteiger partial charge >= 0.3 is 0 Å². The number of rotatable bonds is 4. The Balaban J connectivity index is 1.65. The van der Waals surface area contributed by atoms with Gasteiger partial charge in [-0.1, -0.05) is 94.4 Å². The standard InChI is InChI=1S/C31H40O2Si/c1-23-18-21-31-20-12-11-17-26(32)28(23)29(31)27(19-22-31)33-34(30(2,3)4,24-13-7-5-8-14-24)25-15-9-6-10-16-25/h5-11,13-17,23,27-29H,12,18-22H2,1-4H3/b17-11-/t23-,27+,28+,29+,31+/m1/s1. The highest BCUT2D eigenvalue weighted by atomic mass is 28.4. The van der Waals surface area contributed by atoms with Gasteiger partial charge in [0.2, 0.25) is 0 Å². The molecule has 5 atom stereocenters. The molecule has 2 fully saturated rings. The fourth-order valence-corrected chi connectivity index (χ4v) is 12.5. The predicted octanol–water partition coefficient (Wildman–Crippen LogP) is 6.29. The molecular formula is C31H40O2Si. The number of hydrogen-bond acceptors (Lipinski definition) is 2. The predicted molar refractivity (Wildman–Crippen MR) is 143 cm³/mol. The molecule has 0 radical (unpaired) electrons. The van der Waals surface area contributed by atoms with Crippen molar-refractivity contribution >= 4 is 24.5 Å². The van der Waals surface area contributed by atoms with Crippen LogP contribution in [0.5, 0.6) is 0 Å². The maximum atomic E-state index is 13.4. The summed E-state index contributed by atoms with van der Waals surface area (Å²) in [6.45, 7) is 9.39. The zero-order valence-electron chi connectivity index (χ0n) is 21.3. The third-order valence-electron chi connectivity index (χ3n) is 9.30. The number of allylic oxidation sites excluding steroid dienone is 2. The van der Waals surface area contributed by atoms with Crippen LogP contribution in [-0.2, 0) is 9.22 Å². The van der Waals surface area contributed by atoms with Crippen LogP contribution in [0.4, 0.5) is 0 Å². The van der Waals surface area contributed by atoms with Gasteiger partial charge in [-0.25, -0.2) is 0 Å². The molecule has 34 heavy (non-hydrogen) atoms. The van der Waals surface area contributed by atoms with E-state index >= 15 is 0 Å². The minimum absolute atomic E-state index is 0.0439. The molecule has 2 bridgehead atoms. The molecule has 0 spiro atoms. The van der Waals surface area contributed by atoms with Gasteiger partial charge in [0.1, 0.15) is 0 Å². The van der Waals surface area contributed by atoms with E-state index in [4.69, 9.17) is 4.43 Å². The Morgan fingerprint density at radius 3 is 2.06 bits per heavy atom. The Labute approximate surface area is 206 Å². The molecule has 3 aliphatic carbocycles. The van der Waals surface area contributed by atoms with Crippen LogP contribution in [0, 0.1) is 23.2 Å². The minimum Gasteiger partial charge on any atom is -0.404 e. The molecule has 0 unspecified atom stereocenters. The normalized spacial score (nSPS) is 32.5. The van der Waals surface area contributed by atoms with E-state index < -0.39 is 8.32 Å². The summed E-state index contributed by atoms with van der Waals surface area (Å²) in [5.41, 5.74) is 0.258. The first kappa shape index (κ1) is 23.8. The maximum absolute atomic E-state index is 13.4. The molecule has 0 amide bonds. The molecule has 0 aliphatic heterocycles. The smallest absolute Gasteiger partial charge is 0.261 e. The lowest BCUT2D eigenvalue weighted by Crippen LogP contribution is -2.68. The average Bonchev–Trinajstić information content (AvgIpc) is 3.17. The van der Waals surface area contributed by atoms with Crippen LogP contribution in [0.15, 0.2) is 72.8 Å². The molecule has 2 aromatic carbocycles. The average molecular weight is 473 g/mol. The van der Waals surface area contributed by atoms with Crippen LogP contribution in [0.1, 0.15) is 66.2 Å². The minimum atomic E-state index is -2.64. The molecule has 0 saturated heterocycles. The first-order valence-electron chi connectivity index (χ1n) is 13.3. The summed E-state index contributed by atoms with van der Waals surface area (Å²) in [7, 11) is -2.64. The molecule has 2 nitrogen and oxygen atoms in total. The van der Waals surface area contributed by atoms with Gasteiger partial charge in [-0.3, -0.25) is 4.79 Å². The Morgan fingerprint density at radius 1 is 0.882 bits per heavy atom. The molecule has 3 heteroatoms. The van der Waals surface area contributed by atoms with E-state index in [-0.39, 0.29) is 22.5 Å². The van der Waals surface area contributed by atoms with Gasteiger partial charge in [0.15, 0.2) is 5.78 Å². The Morgan fingerprint density at radius 2 is 1.47 bits per heavy atom. The van der Waals surface area contributed by atoms with E-state index in [1.165, 1.54) is 36.1 Å². The van der Waals surface area contributed by atoms with Crippen LogP contribution < -0.4 is 10.4 Å². The molecule has 0 aromatic heterocycles. The first-order chi connectivity index (χ1) is 16.3. The highest BCUT2D eigenvalue weighted by Crippen LogP contribution is 2.61. The van der Waals surface area contributed by atoms with Crippen molar-refractivity contribution in [1.82, 2.24) is 0 Å². The second-order valence-corrected chi connectivity index (χ2v) is 16.4. The van der Waals surface area contributed by atoms with Gasteiger partial charge in [-0.2, -0.15) is 0 Å². The van der Waals surface area contributed by atoms with Gasteiger partial charge in [-0.15, -0.1) is 0 Å². The van der Waals surface area contributed by atoms with Crippen molar-refractivity contribution in [3.05, 3.63) is 72.8 Å². The van der Waals surface area contributed by atoms with Crippen molar-refractivity contribution in [3.63, 3.8) is 0 Å². The Kier molecular flexibility index (Phi) is 6.23. The molecule has 0 heterocycles. The van der Waals surface area contributed by atoms with E-state index in [2.05, 4.69) is 94.4 Å². The molecular weight excluding hydrogens is 432 g/mol. The van der Waals surface area contributed by atoms with Gasteiger partial charge in [0, 0.05) is 12.0 Å². The van der Waals surface area contributed by atoms with Crippen molar-refractivity contribution in [2.75, 3.05) is 0 Å². The molecule has 3 aliphatic rings. The molecule has 2 saturated carbocycles. The maximum Gasteiger partial charge on any atom is 0.261 e. The highest BCUT2D eigenvalue weighted by molar-refractivity contribution is 6.99. The van der Waals surface area contributed by atoms with Gasteiger partial charge in [-0.05, 0) is 77.3 Å². The first-order valence-corrected chi connectivity index (χ1v) is 15.2. The fourth-order valence-electron chi connectivity index (χ4n) is 7.73. The van der Waals surface area contributed by atoms with E-state index in [1.54, 1.807) is 0 Å². The monoisotopic (exact) mass is 472 g/mol. The quantitative estimate of drug-likeness (QED) is 0.489. The van der Waals surface area contributed by atoms with Gasteiger partial charge in [0.05, 0.1) is 0 Å². The number of carbonyl (C=O) groups excluding carboxylic acids is 1. The summed E-state index contributed by atoms with van der Waals surface area (Å²) in [4.78, 5) is 13.4. The lowest BCUT2D eigenvalue weighted by Gasteiger charge is -2.51. The topological polar surface area (TPSA) is 26.3 Å². The van der Waals surface area contributed by atoms with Crippen LogP contribution in [-0.4, -0.2) is 20.2 Å². The van der Waals surface area contributed by atoms with E-state index in [0.717, 1.165) is 12.8 Å². The van der Waals surface area contributed by atoms with Crippen molar-refractivity contribution in [2.45, 2.75) is 77.4 Å². The number of hydrogen-bond donors (Lipinski definition) is 0. The molecule has 5 rings (SSSR count). The third kappa shape index (κ3) is 3.76. The van der Waals surface area contributed by atoms with E-state index in [9.17, 15) is 4.79 Å². The second kappa shape index (κ2) is 8.91. The summed E-state index contributed by atoms with van der Waals surface area (Å²) in [5.74, 6) is 1.20. The summed E-state index contributed by atoms with van der Waals surface area (Å²) >= 11 is 0. The lowest BCUT2D eigenvalue weighted by atomic mass is 9.56. The second-order valence-electron chi connectivity index (χ2n) is 12.1. The number of ketones is 1. The zero-order chi connectivity index (χ0) is 24.0.